The first-order chi connectivity index (χ1) is 16.0. The Bertz CT molecular complexity index is 672. The molecule has 4 fully saturated rings. The molecule has 0 unspecified atom stereocenters. The summed E-state index contributed by atoms with van der Waals surface area (Å²) in [5.74, 6) is 1.61. The Hall–Kier alpha value is -1.05. The first kappa shape index (κ1) is 32.0. The molecule has 4 aliphatic rings. The summed E-state index contributed by atoms with van der Waals surface area (Å²) in [5, 5.41) is 3.14. The van der Waals surface area contributed by atoms with E-state index in [1.807, 2.05) is 37.6 Å². The zero-order chi connectivity index (χ0) is 25.3. The van der Waals surface area contributed by atoms with Crippen LogP contribution < -0.4 is 5.32 Å². The van der Waals surface area contributed by atoms with Crippen molar-refractivity contribution in [2.75, 3.05) is 33.2 Å². The third-order valence-corrected chi connectivity index (χ3v) is 7.63. The van der Waals surface area contributed by atoms with Gasteiger partial charge < -0.3 is 19.9 Å². The van der Waals surface area contributed by atoms with Crippen molar-refractivity contribution >= 4 is 41.3 Å². The number of rotatable bonds is 4. The Morgan fingerprint density at radius 1 is 1.03 bits per heavy atom. The fraction of sp³-hybridized carbons (Fsp3) is 0.885. The minimum Gasteiger partial charge on any atom is -0.444 e. The van der Waals surface area contributed by atoms with Gasteiger partial charge in [0, 0.05) is 44.6 Å². The molecule has 35 heavy (non-hydrogen) atoms. The Morgan fingerprint density at radius 3 is 1.97 bits per heavy atom. The molecule has 9 heteroatoms. The van der Waals surface area contributed by atoms with Gasteiger partial charge in [-0.2, -0.15) is 0 Å². The largest absolute Gasteiger partial charge is 0.444 e. The molecule has 2 atom stereocenters. The Balaban J connectivity index is 0.000000272. The van der Waals surface area contributed by atoms with Crippen LogP contribution in [-0.4, -0.2) is 71.9 Å². The van der Waals surface area contributed by atoms with Gasteiger partial charge in [-0.05, 0) is 83.4 Å². The zero-order valence-electron chi connectivity index (χ0n) is 22.3. The number of hydrogen-bond donors (Lipinski definition) is 1. The lowest BCUT2D eigenvalue weighted by Crippen LogP contribution is -2.43. The van der Waals surface area contributed by atoms with Gasteiger partial charge in [-0.3, -0.25) is 9.59 Å². The number of carbonyl (C=O) groups excluding carboxylic acids is 3. The van der Waals surface area contributed by atoms with E-state index in [4.69, 9.17) is 16.3 Å². The second-order valence-corrected chi connectivity index (χ2v) is 11.5. The highest BCUT2D eigenvalue weighted by molar-refractivity contribution is 6.64. The van der Waals surface area contributed by atoms with Gasteiger partial charge in [0.2, 0.25) is 11.1 Å². The van der Waals surface area contributed by atoms with Crippen molar-refractivity contribution in [3.8, 4) is 0 Å². The molecule has 0 spiro atoms. The third-order valence-electron chi connectivity index (χ3n) is 7.33. The van der Waals surface area contributed by atoms with E-state index in [2.05, 4.69) is 12.2 Å². The van der Waals surface area contributed by atoms with E-state index in [1.54, 1.807) is 0 Å². The molecule has 2 saturated carbocycles. The van der Waals surface area contributed by atoms with Crippen LogP contribution in [0, 0.1) is 17.8 Å². The highest BCUT2D eigenvalue weighted by Crippen LogP contribution is 2.29. The molecule has 0 aromatic rings. The quantitative estimate of drug-likeness (QED) is 0.498. The van der Waals surface area contributed by atoms with Crippen molar-refractivity contribution in [3.63, 3.8) is 0 Å². The van der Waals surface area contributed by atoms with E-state index in [1.165, 1.54) is 12.8 Å². The van der Waals surface area contributed by atoms with E-state index in [9.17, 15) is 14.4 Å². The monoisotopic (exact) mass is 535 g/mol. The average molecular weight is 537 g/mol. The molecule has 2 aliphatic carbocycles. The number of halogens is 2. The van der Waals surface area contributed by atoms with Crippen LogP contribution in [0.3, 0.4) is 0 Å². The van der Waals surface area contributed by atoms with Gasteiger partial charge in [-0.1, -0.05) is 26.2 Å². The predicted octanol–water partition coefficient (Wildman–Crippen LogP) is 5.23. The third kappa shape index (κ3) is 10.8. The van der Waals surface area contributed by atoms with Crippen molar-refractivity contribution in [3.05, 3.63) is 0 Å². The number of amides is 2. The molecule has 1 N–H and O–H groups in total. The van der Waals surface area contributed by atoms with Gasteiger partial charge in [0.15, 0.2) is 0 Å². The van der Waals surface area contributed by atoms with E-state index in [0.717, 1.165) is 71.1 Å². The molecule has 7 nitrogen and oxygen atoms in total. The van der Waals surface area contributed by atoms with Crippen LogP contribution in [0.1, 0.15) is 85.5 Å². The number of nitrogens with one attached hydrogen (secondary N) is 1. The lowest BCUT2D eigenvalue weighted by atomic mass is 9.84. The minimum atomic E-state index is -0.374. The molecule has 0 bridgehead atoms. The van der Waals surface area contributed by atoms with Crippen LogP contribution in [0.15, 0.2) is 0 Å². The summed E-state index contributed by atoms with van der Waals surface area (Å²) in [5.41, 5.74) is -0.374. The molecule has 0 radical (unpaired) electrons. The summed E-state index contributed by atoms with van der Waals surface area (Å²) in [4.78, 5) is 37.4. The summed E-state index contributed by atoms with van der Waals surface area (Å²) >= 11 is 5.14. The topological polar surface area (TPSA) is 79.0 Å². The maximum absolute atomic E-state index is 11.8. The van der Waals surface area contributed by atoms with Gasteiger partial charge >= 0.3 is 6.09 Å². The van der Waals surface area contributed by atoms with Crippen molar-refractivity contribution in [1.29, 1.82) is 0 Å². The van der Waals surface area contributed by atoms with Crippen LogP contribution in [-0.2, 0) is 14.3 Å². The Kier molecular flexibility index (Phi) is 13.9. The maximum Gasteiger partial charge on any atom is 0.410 e. The summed E-state index contributed by atoms with van der Waals surface area (Å²) in [6.07, 6.45) is 9.92. The molecule has 2 saturated heterocycles. The smallest absolute Gasteiger partial charge is 0.410 e. The first-order valence-corrected chi connectivity index (χ1v) is 13.5. The minimum absolute atomic E-state index is 0. The van der Waals surface area contributed by atoms with E-state index in [-0.39, 0.29) is 35.3 Å². The summed E-state index contributed by atoms with van der Waals surface area (Å²) in [6.45, 7) is 11.6. The molecule has 4 rings (SSSR count). The standard InChI is InChI=1S/C11H21NO2.C10H18N2O.C5H7ClO.ClH/c1-5-9-6-7-12(8-9)10(13)14-11(2,3)4;1-12(9-5-6-11-7-9)10(13)8-3-2-4-8;6-5(7)4-2-1-3-4;/h9H,5-8H2,1-4H3;8-9,11H,2-7H2,1H3;4H,1-3H2;1H/t2*9-;;/m00../s1. The van der Waals surface area contributed by atoms with Crippen LogP contribution in [0.4, 0.5) is 4.79 Å². The molecular formula is C26H47Cl2N3O4. The molecule has 0 aromatic carbocycles. The van der Waals surface area contributed by atoms with Crippen LogP contribution in [0.5, 0.6) is 0 Å². The molecule has 204 valence electrons. The lowest BCUT2D eigenvalue weighted by molar-refractivity contribution is -0.138. The Labute approximate surface area is 223 Å². The number of likely N-dealkylation sites (tertiary alicyclic amines) is 1. The average Bonchev–Trinajstić information content (AvgIpc) is 3.36. The van der Waals surface area contributed by atoms with Gasteiger partial charge in [-0.15, -0.1) is 12.4 Å². The van der Waals surface area contributed by atoms with Gasteiger partial charge in [-0.25, -0.2) is 4.79 Å². The molecule has 2 amide bonds. The second-order valence-electron chi connectivity index (χ2n) is 11.1. The summed E-state index contributed by atoms with van der Waals surface area (Å²) in [6, 6.07) is 0.452. The fourth-order valence-corrected chi connectivity index (χ4v) is 4.60. The van der Waals surface area contributed by atoms with Crippen molar-refractivity contribution in [2.45, 2.75) is 97.1 Å². The number of nitrogens with zero attached hydrogens (tertiary/aromatic N) is 2. The van der Waals surface area contributed by atoms with E-state index >= 15 is 0 Å². The fourth-order valence-electron chi connectivity index (χ4n) is 4.39. The molecule has 0 aromatic heterocycles. The molecular weight excluding hydrogens is 489 g/mol. The van der Waals surface area contributed by atoms with Crippen LogP contribution in [0.2, 0.25) is 0 Å². The SMILES string of the molecule is CC[C@H]1CCN(C(=O)OC(C)(C)C)C1.CN(C(=O)C1CCC1)[C@H]1CCNC1.Cl.O=C(Cl)C1CCC1. The van der Waals surface area contributed by atoms with Crippen molar-refractivity contribution in [1.82, 2.24) is 15.1 Å². The highest BCUT2D eigenvalue weighted by Gasteiger charge is 2.32. The number of likely N-dealkylation sites (N-methyl/N-ethyl adjacent to an activating group) is 1. The van der Waals surface area contributed by atoms with Crippen molar-refractivity contribution in [2.24, 2.45) is 17.8 Å². The normalized spacial score (nSPS) is 23.9. The summed E-state index contributed by atoms with van der Waals surface area (Å²) < 4.78 is 5.30. The van der Waals surface area contributed by atoms with Crippen LogP contribution >= 0.6 is 24.0 Å². The summed E-state index contributed by atoms with van der Waals surface area (Å²) in [7, 11) is 1.96. The predicted molar refractivity (Wildman–Crippen MR) is 143 cm³/mol. The lowest BCUT2D eigenvalue weighted by Gasteiger charge is -2.32. The molecule has 2 aliphatic heterocycles. The van der Waals surface area contributed by atoms with Gasteiger partial charge in [0.05, 0.1) is 0 Å². The van der Waals surface area contributed by atoms with Crippen molar-refractivity contribution < 1.29 is 19.1 Å². The van der Waals surface area contributed by atoms with Gasteiger partial charge in [0.25, 0.3) is 0 Å². The number of carbonyl (C=O) groups is 3. The maximum atomic E-state index is 11.8. The highest BCUT2D eigenvalue weighted by atomic mass is 35.5. The first-order valence-electron chi connectivity index (χ1n) is 13.2. The molecule has 2 heterocycles. The van der Waals surface area contributed by atoms with E-state index < -0.39 is 0 Å². The van der Waals surface area contributed by atoms with Crippen LogP contribution in [0.25, 0.3) is 0 Å². The number of ether oxygens (including phenoxy) is 1. The van der Waals surface area contributed by atoms with E-state index in [0.29, 0.717) is 23.8 Å². The Morgan fingerprint density at radius 2 is 1.63 bits per heavy atom. The zero-order valence-corrected chi connectivity index (χ0v) is 23.9. The van der Waals surface area contributed by atoms with Gasteiger partial charge in [0.1, 0.15) is 5.60 Å². The number of hydrogen-bond acceptors (Lipinski definition) is 5. The second kappa shape index (κ2) is 15.3.